The van der Waals surface area contributed by atoms with Crippen molar-refractivity contribution in [1.29, 1.82) is 0 Å². The summed E-state index contributed by atoms with van der Waals surface area (Å²) in [7, 11) is 0. The molecule has 2 heterocycles. The maximum Gasteiger partial charge on any atom is 0.293 e. The molecule has 2 N–H and O–H groups in total. The van der Waals surface area contributed by atoms with Crippen LogP contribution in [0.15, 0.2) is 6.20 Å². The summed E-state index contributed by atoms with van der Waals surface area (Å²) in [5.41, 5.74) is 0.903. The van der Waals surface area contributed by atoms with Gasteiger partial charge in [-0.3, -0.25) is 4.79 Å². The Bertz CT molecular complexity index is 429. The SMILES string of the molecule is CC(C)(C)OC=O.CC(C)Cc1c[nH]c(C2CCNCC2)n1. The number of piperidine rings is 1. The molecule has 0 unspecified atom stereocenters. The molecule has 126 valence electrons. The van der Waals surface area contributed by atoms with Gasteiger partial charge in [0.1, 0.15) is 11.4 Å². The number of carbonyl (C=O) groups excluding carboxylic acids is 1. The summed E-state index contributed by atoms with van der Waals surface area (Å²) in [6, 6.07) is 0. The average molecular weight is 309 g/mol. The van der Waals surface area contributed by atoms with E-state index in [2.05, 4.69) is 35.1 Å². The second kappa shape index (κ2) is 8.93. The number of ether oxygens (including phenoxy) is 1. The summed E-state index contributed by atoms with van der Waals surface area (Å²) in [6.45, 7) is 12.7. The predicted molar refractivity (Wildman–Crippen MR) is 88.9 cm³/mol. The van der Waals surface area contributed by atoms with E-state index >= 15 is 0 Å². The smallest absolute Gasteiger partial charge is 0.293 e. The Balaban J connectivity index is 0.000000295. The Morgan fingerprint density at radius 2 is 2.00 bits per heavy atom. The van der Waals surface area contributed by atoms with E-state index in [9.17, 15) is 4.79 Å². The highest BCUT2D eigenvalue weighted by atomic mass is 16.5. The van der Waals surface area contributed by atoms with E-state index in [0.717, 1.165) is 19.5 Å². The van der Waals surface area contributed by atoms with Gasteiger partial charge in [-0.15, -0.1) is 0 Å². The Morgan fingerprint density at radius 1 is 1.36 bits per heavy atom. The Hall–Kier alpha value is -1.36. The molecule has 1 aromatic rings. The van der Waals surface area contributed by atoms with Gasteiger partial charge in [-0.25, -0.2) is 4.98 Å². The summed E-state index contributed by atoms with van der Waals surface area (Å²) in [5, 5.41) is 3.38. The molecule has 22 heavy (non-hydrogen) atoms. The van der Waals surface area contributed by atoms with Gasteiger partial charge in [0.15, 0.2) is 0 Å². The number of aromatic amines is 1. The van der Waals surface area contributed by atoms with Crippen molar-refractivity contribution in [3.8, 4) is 0 Å². The van der Waals surface area contributed by atoms with E-state index in [1.807, 2.05) is 20.8 Å². The Labute approximate surface area is 134 Å². The second-order valence-corrected chi connectivity index (χ2v) is 7.23. The lowest BCUT2D eigenvalue weighted by molar-refractivity contribution is -0.138. The van der Waals surface area contributed by atoms with Crippen molar-refractivity contribution in [3.63, 3.8) is 0 Å². The highest BCUT2D eigenvalue weighted by Gasteiger charge is 2.18. The fraction of sp³-hybridized carbons (Fsp3) is 0.765. The Kier molecular flexibility index (Phi) is 7.59. The van der Waals surface area contributed by atoms with Crippen LogP contribution in [0.3, 0.4) is 0 Å². The van der Waals surface area contributed by atoms with Crippen LogP contribution in [0.5, 0.6) is 0 Å². The molecule has 1 aromatic heterocycles. The van der Waals surface area contributed by atoms with Crippen LogP contribution in [0, 0.1) is 5.92 Å². The molecule has 0 saturated carbocycles. The number of nitrogens with zero attached hydrogens (tertiary/aromatic N) is 1. The molecule has 0 atom stereocenters. The van der Waals surface area contributed by atoms with Crippen LogP contribution in [0.25, 0.3) is 0 Å². The van der Waals surface area contributed by atoms with Crippen molar-refractivity contribution in [2.75, 3.05) is 13.1 Å². The maximum absolute atomic E-state index is 9.60. The molecule has 0 amide bonds. The van der Waals surface area contributed by atoms with Gasteiger partial charge in [-0.1, -0.05) is 13.8 Å². The van der Waals surface area contributed by atoms with Crippen LogP contribution >= 0.6 is 0 Å². The van der Waals surface area contributed by atoms with Gasteiger partial charge < -0.3 is 15.0 Å². The molecule has 0 spiro atoms. The van der Waals surface area contributed by atoms with Gasteiger partial charge in [0.2, 0.25) is 0 Å². The number of carbonyl (C=O) groups is 1. The number of H-pyrrole nitrogens is 1. The predicted octanol–water partition coefficient (Wildman–Crippen LogP) is 3.03. The molecular weight excluding hydrogens is 278 g/mol. The minimum Gasteiger partial charge on any atom is -0.462 e. The summed E-state index contributed by atoms with van der Waals surface area (Å²) in [4.78, 5) is 17.6. The third-order valence-electron chi connectivity index (χ3n) is 3.40. The van der Waals surface area contributed by atoms with Crippen LogP contribution in [0.2, 0.25) is 0 Å². The topological polar surface area (TPSA) is 67.0 Å². The zero-order chi connectivity index (χ0) is 16.6. The second-order valence-electron chi connectivity index (χ2n) is 7.23. The fourth-order valence-electron chi connectivity index (χ4n) is 2.35. The van der Waals surface area contributed by atoms with Crippen LogP contribution in [-0.4, -0.2) is 35.1 Å². The van der Waals surface area contributed by atoms with Gasteiger partial charge in [-0.05, 0) is 59.0 Å². The van der Waals surface area contributed by atoms with Crippen LogP contribution in [0.1, 0.15) is 64.9 Å². The zero-order valence-corrected chi connectivity index (χ0v) is 14.6. The summed E-state index contributed by atoms with van der Waals surface area (Å²) < 4.78 is 4.55. The molecule has 2 rings (SSSR count). The fourth-order valence-corrected chi connectivity index (χ4v) is 2.35. The molecule has 0 aliphatic carbocycles. The zero-order valence-electron chi connectivity index (χ0n) is 14.6. The summed E-state index contributed by atoms with van der Waals surface area (Å²) in [5.74, 6) is 2.54. The van der Waals surface area contributed by atoms with Gasteiger partial charge >= 0.3 is 0 Å². The Morgan fingerprint density at radius 3 is 2.45 bits per heavy atom. The minimum atomic E-state index is -0.318. The minimum absolute atomic E-state index is 0.318. The van der Waals surface area contributed by atoms with E-state index in [-0.39, 0.29) is 5.60 Å². The van der Waals surface area contributed by atoms with Gasteiger partial charge in [0.25, 0.3) is 6.47 Å². The van der Waals surface area contributed by atoms with Gasteiger partial charge in [0, 0.05) is 12.1 Å². The highest BCUT2D eigenvalue weighted by molar-refractivity contribution is 5.37. The molecule has 0 bridgehead atoms. The molecule has 5 nitrogen and oxygen atoms in total. The largest absolute Gasteiger partial charge is 0.462 e. The van der Waals surface area contributed by atoms with E-state index < -0.39 is 0 Å². The van der Waals surface area contributed by atoms with Crippen molar-refractivity contribution in [3.05, 3.63) is 17.7 Å². The number of nitrogens with one attached hydrogen (secondary N) is 2. The van der Waals surface area contributed by atoms with Crippen LogP contribution in [-0.2, 0) is 16.0 Å². The molecule has 0 radical (unpaired) electrons. The van der Waals surface area contributed by atoms with Crippen LogP contribution < -0.4 is 5.32 Å². The normalized spacial score (nSPS) is 16.1. The molecule has 1 fully saturated rings. The number of rotatable bonds is 4. The first kappa shape index (κ1) is 18.7. The van der Waals surface area contributed by atoms with Gasteiger partial charge in [0.05, 0.1) is 5.69 Å². The van der Waals surface area contributed by atoms with E-state index in [1.54, 1.807) is 0 Å². The number of aromatic nitrogens is 2. The van der Waals surface area contributed by atoms with Crippen molar-refractivity contribution in [2.45, 2.75) is 65.4 Å². The van der Waals surface area contributed by atoms with E-state index in [4.69, 9.17) is 4.98 Å². The monoisotopic (exact) mass is 309 g/mol. The van der Waals surface area contributed by atoms with Crippen LogP contribution in [0.4, 0.5) is 0 Å². The standard InChI is InChI=1S/C12H21N3.C5H10O2/c1-9(2)7-11-8-14-12(15-11)10-3-5-13-6-4-10;1-5(2,3)7-4-6/h8-10,13H,3-7H2,1-2H3,(H,14,15);4H,1-3H3. The average Bonchev–Trinajstić information content (AvgIpc) is 2.87. The van der Waals surface area contributed by atoms with Crippen molar-refractivity contribution >= 4 is 6.47 Å². The lowest BCUT2D eigenvalue weighted by Crippen LogP contribution is -2.27. The van der Waals surface area contributed by atoms with Gasteiger partial charge in [-0.2, -0.15) is 0 Å². The summed E-state index contributed by atoms with van der Waals surface area (Å²) in [6.07, 6.45) is 5.60. The first-order valence-corrected chi connectivity index (χ1v) is 8.18. The third kappa shape index (κ3) is 7.59. The van der Waals surface area contributed by atoms with Crippen molar-refractivity contribution in [1.82, 2.24) is 15.3 Å². The van der Waals surface area contributed by atoms with E-state index in [0.29, 0.717) is 18.3 Å². The molecule has 1 aliphatic rings. The maximum atomic E-state index is 9.60. The first-order valence-electron chi connectivity index (χ1n) is 8.18. The number of hydrogen-bond acceptors (Lipinski definition) is 4. The van der Waals surface area contributed by atoms with Crippen molar-refractivity contribution < 1.29 is 9.53 Å². The first-order chi connectivity index (χ1) is 10.3. The third-order valence-corrected chi connectivity index (χ3v) is 3.40. The highest BCUT2D eigenvalue weighted by Crippen LogP contribution is 2.22. The number of imidazole rings is 1. The van der Waals surface area contributed by atoms with E-state index in [1.165, 1.54) is 24.4 Å². The number of hydrogen-bond donors (Lipinski definition) is 2. The van der Waals surface area contributed by atoms with Crippen molar-refractivity contribution in [2.24, 2.45) is 5.92 Å². The molecule has 5 heteroatoms. The lowest BCUT2D eigenvalue weighted by atomic mass is 9.98. The lowest BCUT2D eigenvalue weighted by Gasteiger charge is -2.20. The molecular formula is C17H31N3O2. The molecule has 1 aliphatic heterocycles. The molecule has 0 aromatic carbocycles. The quantitative estimate of drug-likeness (QED) is 0.839. The molecule has 1 saturated heterocycles. The summed E-state index contributed by atoms with van der Waals surface area (Å²) >= 11 is 0.